The number of hydrogen-bond acceptors (Lipinski definition) is 1. The van der Waals surface area contributed by atoms with Crippen molar-refractivity contribution in [1.82, 2.24) is 0 Å². The second-order valence-corrected chi connectivity index (χ2v) is 6.18. The molecule has 3 atom stereocenters. The van der Waals surface area contributed by atoms with Crippen molar-refractivity contribution in [3.8, 4) is 0 Å². The highest BCUT2D eigenvalue weighted by molar-refractivity contribution is 5.49. The molecule has 1 heteroatoms. The van der Waals surface area contributed by atoms with Crippen LogP contribution >= 0.6 is 0 Å². The minimum Gasteiger partial charge on any atom is -0.370 e. The van der Waals surface area contributed by atoms with E-state index in [0.717, 1.165) is 6.42 Å². The third-order valence-electron chi connectivity index (χ3n) is 4.15. The zero-order chi connectivity index (χ0) is 14.5. The fourth-order valence-corrected chi connectivity index (χ4v) is 2.84. The monoisotopic (exact) mass is 270 g/mol. The zero-order valence-electron chi connectivity index (χ0n) is 12.9. The summed E-state index contributed by atoms with van der Waals surface area (Å²) in [6.45, 7) is 10.7. The average Bonchev–Trinajstić information content (AvgIpc) is 2.45. The highest BCUT2D eigenvalue weighted by atomic mass is 16.5. The van der Waals surface area contributed by atoms with Gasteiger partial charge in [-0.1, -0.05) is 68.5 Å². The molecule has 0 aromatic heterocycles. The molecule has 1 aromatic carbocycles. The van der Waals surface area contributed by atoms with Crippen molar-refractivity contribution in [2.45, 2.75) is 45.8 Å². The smallest absolute Gasteiger partial charge is 0.0827 e. The van der Waals surface area contributed by atoms with Crippen molar-refractivity contribution in [1.29, 1.82) is 0 Å². The molecule has 1 aliphatic rings. The molecule has 0 amide bonds. The van der Waals surface area contributed by atoms with Gasteiger partial charge in [0, 0.05) is 5.92 Å². The van der Waals surface area contributed by atoms with Gasteiger partial charge in [-0.05, 0) is 31.2 Å². The van der Waals surface area contributed by atoms with Crippen molar-refractivity contribution in [2.24, 2.45) is 11.8 Å². The van der Waals surface area contributed by atoms with E-state index in [1.807, 2.05) is 6.07 Å². The number of ether oxygens (including phenoxy) is 1. The predicted octanol–water partition coefficient (Wildman–Crippen LogP) is 5.10. The van der Waals surface area contributed by atoms with Crippen LogP contribution in [-0.2, 0) is 4.74 Å². The number of hydrogen-bond donors (Lipinski definition) is 0. The molecular formula is C19H26O. The van der Waals surface area contributed by atoms with Gasteiger partial charge < -0.3 is 4.74 Å². The summed E-state index contributed by atoms with van der Waals surface area (Å²) < 4.78 is 6.30. The maximum atomic E-state index is 6.30. The minimum absolute atomic E-state index is 0.161. The second kappa shape index (κ2) is 6.90. The fourth-order valence-electron chi connectivity index (χ4n) is 2.84. The Kier molecular flexibility index (Phi) is 5.19. The van der Waals surface area contributed by atoms with E-state index >= 15 is 0 Å². The second-order valence-electron chi connectivity index (χ2n) is 6.18. The molecule has 0 unspecified atom stereocenters. The first-order valence-electron chi connectivity index (χ1n) is 7.62. The van der Waals surface area contributed by atoms with E-state index < -0.39 is 0 Å². The third-order valence-corrected chi connectivity index (χ3v) is 4.15. The van der Waals surface area contributed by atoms with Gasteiger partial charge in [0.15, 0.2) is 0 Å². The standard InChI is InChI=1S/C19H26O/c1-14(2)17-11-13-18(15(3)4)20-19(17)12-10-16-8-6-5-7-9-16/h5-10,12,15,17-19H,1,11,13H2,2-4H3/b12-10+/t17-,18-,19-/m0/s1. The maximum Gasteiger partial charge on any atom is 0.0827 e. The normalized spacial score (nSPS) is 27.1. The average molecular weight is 270 g/mol. The molecule has 0 bridgehead atoms. The molecule has 2 rings (SSSR count). The molecular weight excluding hydrogens is 244 g/mol. The highest BCUT2D eigenvalue weighted by Gasteiger charge is 2.31. The Morgan fingerprint density at radius 2 is 1.95 bits per heavy atom. The molecule has 1 heterocycles. The molecule has 0 radical (unpaired) electrons. The summed E-state index contributed by atoms with van der Waals surface area (Å²) in [7, 11) is 0. The van der Waals surface area contributed by atoms with Gasteiger partial charge in [0.1, 0.15) is 0 Å². The van der Waals surface area contributed by atoms with E-state index in [0.29, 0.717) is 17.9 Å². The summed E-state index contributed by atoms with van der Waals surface area (Å²) in [4.78, 5) is 0. The van der Waals surface area contributed by atoms with Gasteiger partial charge in [-0.15, -0.1) is 0 Å². The van der Waals surface area contributed by atoms with Crippen molar-refractivity contribution in [3.05, 3.63) is 54.1 Å². The molecule has 0 N–H and O–H groups in total. The van der Waals surface area contributed by atoms with Gasteiger partial charge in [-0.3, -0.25) is 0 Å². The minimum atomic E-state index is 0.161. The van der Waals surface area contributed by atoms with Gasteiger partial charge in [0.05, 0.1) is 12.2 Å². The molecule has 0 saturated carbocycles. The SMILES string of the molecule is C=C(C)[C@@H]1CC[C@@H](C(C)C)O[C@H]1/C=C/c1ccccc1. The summed E-state index contributed by atoms with van der Waals surface area (Å²) >= 11 is 0. The van der Waals surface area contributed by atoms with Crippen LogP contribution < -0.4 is 0 Å². The van der Waals surface area contributed by atoms with Crippen LogP contribution in [0, 0.1) is 11.8 Å². The molecule has 1 nitrogen and oxygen atoms in total. The lowest BCUT2D eigenvalue weighted by molar-refractivity contribution is -0.0695. The molecule has 1 aromatic rings. The quantitative estimate of drug-likeness (QED) is 0.692. The molecule has 1 saturated heterocycles. The summed E-state index contributed by atoms with van der Waals surface area (Å²) in [6, 6.07) is 10.4. The van der Waals surface area contributed by atoms with Crippen LogP contribution in [-0.4, -0.2) is 12.2 Å². The fraction of sp³-hybridized carbons (Fsp3) is 0.474. The van der Waals surface area contributed by atoms with Gasteiger partial charge in [0.2, 0.25) is 0 Å². The molecule has 108 valence electrons. The molecule has 1 aliphatic heterocycles. The first kappa shape index (κ1) is 15.1. The van der Waals surface area contributed by atoms with Crippen molar-refractivity contribution >= 4 is 6.08 Å². The van der Waals surface area contributed by atoms with Crippen molar-refractivity contribution < 1.29 is 4.74 Å². The summed E-state index contributed by atoms with van der Waals surface area (Å²) in [5.41, 5.74) is 2.46. The molecule has 20 heavy (non-hydrogen) atoms. The summed E-state index contributed by atoms with van der Waals surface area (Å²) in [5.74, 6) is 1.03. The first-order chi connectivity index (χ1) is 9.58. The number of benzene rings is 1. The maximum absolute atomic E-state index is 6.30. The predicted molar refractivity (Wildman–Crippen MR) is 86.5 cm³/mol. The Labute approximate surface area is 123 Å². The Morgan fingerprint density at radius 3 is 2.55 bits per heavy atom. The van der Waals surface area contributed by atoms with Crippen LogP contribution in [0.3, 0.4) is 0 Å². The topological polar surface area (TPSA) is 9.23 Å². The van der Waals surface area contributed by atoms with Gasteiger partial charge in [0.25, 0.3) is 0 Å². The van der Waals surface area contributed by atoms with E-state index in [-0.39, 0.29) is 6.10 Å². The van der Waals surface area contributed by atoms with Gasteiger partial charge in [-0.25, -0.2) is 0 Å². The zero-order valence-corrected chi connectivity index (χ0v) is 12.9. The Bertz CT molecular complexity index is 458. The van der Waals surface area contributed by atoms with E-state index in [1.54, 1.807) is 0 Å². The summed E-state index contributed by atoms with van der Waals surface area (Å²) in [5, 5.41) is 0. The molecule has 0 spiro atoms. The third kappa shape index (κ3) is 3.83. The van der Waals surface area contributed by atoms with Crippen LogP contribution in [0.1, 0.15) is 39.2 Å². The summed E-state index contributed by atoms with van der Waals surface area (Å²) in [6.07, 6.45) is 7.24. The van der Waals surface area contributed by atoms with Crippen LogP contribution in [0.15, 0.2) is 48.6 Å². The van der Waals surface area contributed by atoms with Crippen LogP contribution in [0.25, 0.3) is 6.08 Å². The van der Waals surface area contributed by atoms with Crippen LogP contribution in [0.4, 0.5) is 0 Å². The van der Waals surface area contributed by atoms with Crippen molar-refractivity contribution in [3.63, 3.8) is 0 Å². The van der Waals surface area contributed by atoms with E-state index in [1.165, 1.54) is 17.6 Å². The van der Waals surface area contributed by atoms with Crippen molar-refractivity contribution in [2.75, 3.05) is 0 Å². The lowest BCUT2D eigenvalue weighted by Gasteiger charge is -2.37. The Morgan fingerprint density at radius 1 is 1.25 bits per heavy atom. The van der Waals surface area contributed by atoms with Gasteiger partial charge >= 0.3 is 0 Å². The van der Waals surface area contributed by atoms with E-state index in [4.69, 9.17) is 4.74 Å². The highest BCUT2D eigenvalue weighted by Crippen LogP contribution is 2.33. The Balaban J connectivity index is 2.11. The van der Waals surface area contributed by atoms with Gasteiger partial charge in [-0.2, -0.15) is 0 Å². The molecule has 1 fully saturated rings. The van der Waals surface area contributed by atoms with E-state index in [9.17, 15) is 0 Å². The Hall–Kier alpha value is -1.34. The molecule has 0 aliphatic carbocycles. The van der Waals surface area contributed by atoms with Crippen LogP contribution in [0.5, 0.6) is 0 Å². The lowest BCUT2D eigenvalue weighted by Crippen LogP contribution is -2.36. The van der Waals surface area contributed by atoms with Crippen LogP contribution in [0.2, 0.25) is 0 Å². The first-order valence-corrected chi connectivity index (χ1v) is 7.62. The lowest BCUT2D eigenvalue weighted by atomic mass is 9.84. The number of rotatable bonds is 4. The van der Waals surface area contributed by atoms with E-state index in [2.05, 4.69) is 63.8 Å². The largest absolute Gasteiger partial charge is 0.370 e.